The zero-order valence-electron chi connectivity index (χ0n) is 16.3. The number of anilines is 1. The van der Waals surface area contributed by atoms with Crippen LogP contribution in [0, 0.1) is 0 Å². The zero-order valence-corrected chi connectivity index (χ0v) is 16.3. The number of likely N-dealkylation sites (N-methyl/N-ethyl adjacent to an activating group) is 1. The maximum Gasteiger partial charge on any atom is 0.413 e. The highest BCUT2D eigenvalue weighted by atomic mass is 16.6. The second kappa shape index (κ2) is 8.98. The lowest BCUT2D eigenvalue weighted by atomic mass is 10.1. The van der Waals surface area contributed by atoms with Crippen LogP contribution in [-0.4, -0.2) is 40.4 Å². The monoisotopic (exact) mass is 384 g/mol. The van der Waals surface area contributed by atoms with Crippen LogP contribution in [-0.2, 0) is 16.2 Å². The average Bonchev–Trinajstić information content (AvgIpc) is 2.64. The predicted octanol–water partition coefficient (Wildman–Crippen LogP) is 3.03. The van der Waals surface area contributed by atoms with Crippen molar-refractivity contribution < 1.29 is 19.5 Å². The predicted molar refractivity (Wildman–Crippen MR) is 106 cm³/mol. The third-order valence-corrected chi connectivity index (χ3v) is 3.74. The maximum absolute atomic E-state index is 12.1. The van der Waals surface area contributed by atoms with Crippen molar-refractivity contribution in [1.29, 1.82) is 0 Å². The van der Waals surface area contributed by atoms with Gasteiger partial charge in [-0.2, -0.15) is 0 Å². The number of oxime groups is 1. The Kier molecular flexibility index (Phi) is 6.70. The summed E-state index contributed by atoms with van der Waals surface area (Å²) >= 11 is 0. The molecule has 0 fully saturated rings. The standard InChI is InChI=1S/C20H24N4O4/c1-20(2,3)24(19(26)27)16-12-8-11-15(22-16)13-28-23-17(18(25)21-4)14-9-6-5-7-10-14/h5-12H,13H2,1-4H3,(H,21,25)(H,26,27)/b23-17+. The Morgan fingerprint density at radius 2 is 1.82 bits per heavy atom. The molecule has 0 radical (unpaired) electrons. The summed E-state index contributed by atoms with van der Waals surface area (Å²) in [5.74, 6) is -0.0858. The van der Waals surface area contributed by atoms with Crippen LogP contribution in [0.15, 0.2) is 53.7 Å². The third-order valence-electron chi connectivity index (χ3n) is 3.74. The minimum atomic E-state index is -1.10. The van der Waals surface area contributed by atoms with Crippen LogP contribution in [0.5, 0.6) is 0 Å². The van der Waals surface area contributed by atoms with Crippen molar-refractivity contribution in [1.82, 2.24) is 10.3 Å². The van der Waals surface area contributed by atoms with E-state index in [1.165, 1.54) is 11.9 Å². The molecule has 0 aliphatic heterocycles. The van der Waals surface area contributed by atoms with Crippen LogP contribution in [0.4, 0.5) is 10.6 Å². The Morgan fingerprint density at radius 1 is 1.14 bits per heavy atom. The fourth-order valence-corrected chi connectivity index (χ4v) is 2.50. The molecule has 8 nitrogen and oxygen atoms in total. The Balaban J connectivity index is 2.21. The molecule has 1 aromatic heterocycles. The Hall–Kier alpha value is -3.42. The van der Waals surface area contributed by atoms with Crippen molar-refractivity contribution in [2.45, 2.75) is 32.9 Å². The Morgan fingerprint density at radius 3 is 2.39 bits per heavy atom. The van der Waals surface area contributed by atoms with Crippen LogP contribution in [0.1, 0.15) is 32.0 Å². The van der Waals surface area contributed by atoms with Crippen molar-refractivity contribution >= 4 is 23.5 Å². The molecule has 0 aliphatic rings. The molecule has 1 aromatic carbocycles. The molecule has 2 N–H and O–H groups in total. The van der Waals surface area contributed by atoms with Gasteiger partial charge in [-0.3, -0.25) is 9.69 Å². The number of pyridine rings is 1. The van der Waals surface area contributed by atoms with E-state index in [2.05, 4.69) is 15.5 Å². The molecular formula is C20H24N4O4. The topological polar surface area (TPSA) is 104 Å². The molecule has 0 saturated heterocycles. The smallest absolute Gasteiger partial charge is 0.413 e. The summed E-state index contributed by atoms with van der Waals surface area (Å²) in [7, 11) is 1.51. The molecule has 148 valence electrons. The largest absolute Gasteiger partial charge is 0.465 e. The lowest BCUT2D eigenvalue weighted by Gasteiger charge is -2.32. The van der Waals surface area contributed by atoms with Crippen LogP contribution >= 0.6 is 0 Å². The maximum atomic E-state index is 12.1. The minimum Gasteiger partial charge on any atom is -0.465 e. The second-order valence-corrected chi connectivity index (χ2v) is 6.93. The van der Waals surface area contributed by atoms with Crippen LogP contribution < -0.4 is 10.2 Å². The SMILES string of the molecule is CNC(=O)/C(=N/OCc1cccc(N(C(=O)O)C(C)(C)C)n1)c1ccccc1. The van der Waals surface area contributed by atoms with Gasteiger partial charge in [0, 0.05) is 18.2 Å². The van der Waals surface area contributed by atoms with Crippen molar-refractivity contribution in [3.05, 3.63) is 59.8 Å². The molecule has 2 aromatic rings. The highest BCUT2D eigenvalue weighted by Crippen LogP contribution is 2.22. The zero-order chi connectivity index (χ0) is 20.7. The number of aromatic nitrogens is 1. The van der Waals surface area contributed by atoms with E-state index in [4.69, 9.17) is 4.84 Å². The average molecular weight is 384 g/mol. The Labute approximate surface area is 163 Å². The van der Waals surface area contributed by atoms with Gasteiger partial charge in [-0.15, -0.1) is 0 Å². The van der Waals surface area contributed by atoms with E-state index in [1.54, 1.807) is 63.2 Å². The molecule has 8 heteroatoms. The van der Waals surface area contributed by atoms with E-state index < -0.39 is 11.6 Å². The van der Waals surface area contributed by atoms with Gasteiger partial charge in [-0.25, -0.2) is 9.78 Å². The van der Waals surface area contributed by atoms with Crippen LogP contribution in [0.2, 0.25) is 0 Å². The van der Waals surface area contributed by atoms with Gasteiger partial charge >= 0.3 is 6.09 Å². The fourth-order valence-electron chi connectivity index (χ4n) is 2.50. The second-order valence-electron chi connectivity index (χ2n) is 6.93. The van der Waals surface area contributed by atoms with E-state index >= 15 is 0 Å². The summed E-state index contributed by atoms with van der Waals surface area (Å²) in [6.45, 7) is 5.34. The molecule has 0 bridgehead atoms. The van der Waals surface area contributed by atoms with Crippen LogP contribution in [0.25, 0.3) is 0 Å². The van der Waals surface area contributed by atoms with E-state index in [1.807, 2.05) is 6.07 Å². The van der Waals surface area contributed by atoms with Gasteiger partial charge in [0.25, 0.3) is 5.91 Å². The van der Waals surface area contributed by atoms with E-state index in [9.17, 15) is 14.7 Å². The minimum absolute atomic E-state index is 0.0151. The summed E-state index contributed by atoms with van der Waals surface area (Å²) in [4.78, 5) is 34.6. The lowest BCUT2D eigenvalue weighted by Crippen LogP contribution is -2.45. The molecule has 0 spiro atoms. The number of amides is 2. The number of carbonyl (C=O) groups excluding carboxylic acids is 1. The summed E-state index contributed by atoms with van der Waals surface area (Å²) in [5, 5.41) is 16.0. The van der Waals surface area contributed by atoms with Gasteiger partial charge in [0.15, 0.2) is 12.3 Å². The number of rotatable bonds is 6. The summed E-state index contributed by atoms with van der Waals surface area (Å²) in [6.07, 6.45) is -1.10. The lowest BCUT2D eigenvalue weighted by molar-refractivity contribution is -0.114. The third kappa shape index (κ3) is 5.29. The first-order valence-electron chi connectivity index (χ1n) is 8.70. The van der Waals surface area contributed by atoms with Gasteiger partial charge in [0.1, 0.15) is 5.82 Å². The molecule has 0 aliphatic carbocycles. The van der Waals surface area contributed by atoms with E-state index in [-0.39, 0.29) is 18.2 Å². The molecular weight excluding hydrogens is 360 g/mol. The summed E-state index contributed by atoms with van der Waals surface area (Å²) in [6, 6.07) is 14.0. The highest BCUT2D eigenvalue weighted by molar-refractivity contribution is 6.45. The number of carbonyl (C=O) groups is 2. The number of hydrogen-bond donors (Lipinski definition) is 2. The number of carboxylic acid groups (broad SMARTS) is 1. The first-order chi connectivity index (χ1) is 13.2. The van der Waals surface area contributed by atoms with Gasteiger partial charge in [0.05, 0.1) is 5.69 Å². The molecule has 1 heterocycles. The van der Waals surface area contributed by atoms with Gasteiger partial charge in [0.2, 0.25) is 0 Å². The normalized spacial score (nSPS) is 11.6. The highest BCUT2D eigenvalue weighted by Gasteiger charge is 2.29. The van der Waals surface area contributed by atoms with Gasteiger partial charge in [-0.1, -0.05) is 41.6 Å². The molecule has 2 amide bonds. The molecule has 2 rings (SSSR count). The van der Waals surface area contributed by atoms with Gasteiger partial charge in [-0.05, 0) is 32.9 Å². The van der Waals surface area contributed by atoms with Crippen molar-refractivity contribution in [3.63, 3.8) is 0 Å². The van der Waals surface area contributed by atoms with E-state index in [0.29, 0.717) is 17.1 Å². The fraction of sp³-hybridized carbons (Fsp3) is 0.300. The number of nitrogens with one attached hydrogen (secondary N) is 1. The molecule has 0 atom stereocenters. The number of nitrogens with zero attached hydrogens (tertiary/aromatic N) is 3. The van der Waals surface area contributed by atoms with Crippen molar-refractivity contribution in [2.75, 3.05) is 11.9 Å². The first-order valence-corrected chi connectivity index (χ1v) is 8.70. The summed E-state index contributed by atoms with van der Waals surface area (Å²) in [5.41, 5.74) is 0.589. The van der Waals surface area contributed by atoms with Crippen molar-refractivity contribution in [3.8, 4) is 0 Å². The Bertz CT molecular complexity index is 860. The van der Waals surface area contributed by atoms with Crippen molar-refractivity contribution in [2.24, 2.45) is 5.16 Å². The number of hydrogen-bond acceptors (Lipinski definition) is 5. The molecule has 0 saturated carbocycles. The molecule has 28 heavy (non-hydrogen) atoms. The quantitative estimate of drug-likeness (QED) is 0.588. The number of benzene rings is 1. The van der Waals surface area contributed by atoms with Gasteiger partial charge < -0.3 is 15.3 Å². The summed E-state index contributed by atoms with van der Waals surface area (Å²) < 4.78 is 0. The molecule has 0 unspecified atom stereocenters. The first kappa shape index (κ1) is 20.9. The van der Waals surface area contributed by atoms with E-state index in [0.717, 1.165) is 0 Å². The van der Waals surface area contributed by atoms with Crippen LogP contribution in [0.3, 0.4) is 0 Å².